The molecule has 0 radical (unpaired) electrons. The van der Waals surface area contributed by atoms with Gasteiger partial charge in [-0.25, -0.2) is 13.1 Å². The van der Waals surface area contributed by atoms with E-state index >= 15 is 0 Å². The number of rotatable bonds is 6. The lowest BCUT2D eigenvalue weighted by Crippen LogP contribution is -2.65. The van der Waals surface area contributed by atoms with Gasteiger partial charge in [-0.2, -0.15) is 47.9 Å². The second-order valence-electron chi connectivity index (χ2n) is 5.77. The molecule has 1 fully saturated rings. The SMILES string of the molecule is O=S(=O)(O)C1CCC(NS(=O)(=O)C(F)(F)C(F)(F)C(F)(F)C(F)(F)F)CC1. The van der Waals surface area contributed by atoms with Crippen LogP contribution in [0.1, 0.15) is 25.7 Å². The molecular formula is C10H12F9NO5S2. The van der Waals surface area contributed by atoms with E-state index in [4.69, 9.17) is 4.55 Å². The van der Waals surface area contributed by atoms with Crippen LogP contribution in [0.3, 0.4) is 0 Å². The summed E-state index contributed by atoms with van der Waals surface area (Å²) in [6, 6.07) is -1.64. The smallest absolute Gasteiger partial charge is 0.285 e. The Morgan fingerprint density at radius 3 is 1.48 bits per heavy atom. The van der Waals surface area contributed by atoms with Gasteiger partial charge in [0.1, 0.15) is 0 Å². The molecule has 6 nitrogen and oxygen atoms in total. The quantitative estimate of drug-likeness (QED) is 0.468. The molecule has 0 aromatic heterocycles. The largest absolute Gasteiger partial charge is 0.460 e. The van der Waals surface area contributed by atoms with Gasteiger partial charge in [0.05, 0.1) is 5.25 Å². The second-order valence-corrected chi connectivity index (χ2v) is 9.23. The standard InChI is InChI=1S/C10H12F9NO5S2/c11-7(12,9(15,16)17)8(13,14)10(18,19)27(24,25)20-5-1-3-6(4-2-5)26(21,22)23/h5-6,20H,1-4H2,(H,21,22,23). The zero-order valence-electron chi connectivity index (χ0n) is 12.8. The predicted octanol–water partition coefficient (Wildman–Crippen LogP) is 2.53. The maximum absolute atomic E-state index is 13.5. The van der Waals surface area contributed by atoms with E-state index in [1.54, 1.807) is 0 Å². The van der Waals surface area contributed by atoms with Gasteiger partial charge >= 0.3 is 23.3 Å². The van der Waals surface area contributed by atoms with Crippen LogP contribution in [0, 0.1) is 0 Å². The number of hydrogen-bond acceptors (Lipinski definition) is 4. The maximum atomic E-state index is 13.5. The molecule has 0 spiro atoms. The molecular weight excluding hydrogens is 449 g/mol. The first kappa shape index (κ1) is 24.2. The fraction of sp³-hybridized carbons (Fsp3) is 1.00. The van der Waals surface area contributed by atoms with Gasteiger partial charge in [-0.05, 0) is 25.7 Å². The van der Waals surface area contributed by atoms with Crippen LogP contribution >= 0.6 is 0 Å². The lowest BCUT2D eigenvalue weighted by Gasteiger charge is -2.34. The van der Waals surface area contributed by atoms with Gasteiger partial charge < -0.3 is 0 Å². The van der Waals surface area contributed by atoms with Crippen LogP contribution < -0.4 is 4.72 Å². The van der Waals surface area contributed by atoms with Gasteiger partial charge in [0.2, 0.25) is 0 Å². The van der Waals surface area contributed by atoms with Crippen LogP contribution in [0.25, 0.3) is 0 Å². The molecule has 162 valence electrons. The number of alkyl halides is 9. The Morgan fingerprint density at radius 1 is 0.741 bits per heavy atom. The number of hydrogen-bond donors (Lipinski definition) is 2. The summed E-state index contributed by atoms with van der Waals surface area (Å²) in [6.45, 7) is 0. The first-order chi connectivity index (χ1) is 11.7. The molecule has 0 aliphatic heterocycles. The zero-order valence-corrected chi connectivity index (χ0v) is 14.4. The third kappa shape index (κ3) is 4.29. The monoisotopic (exact) mass is 461 g/mol. The first-order valence-electron chi connectivity index (χ1n) is 6.87. The summed E-state index contributed by atoms with van der Waals surface area (Å²) in [5, 5.41) is -8.24. The van der Waals surface area contributed by atoms with Gasteiger partial charge in [0, 0.05) is 6.04 Å². The molecule has 1 rings (SSSR count). The van der Waals surface area contributed by atoms with Gasteiger partial charge in [-0.3, -0.25) is 4.55 Å². The molecule has 1 saturated carbocycles. The van der Waals surface area contributed by atoms with Crippen LogP contribution in [0.4, 0.5) is 39.5 Å². The van der Waals surface area contributed by atoms with Gasteiger partial charge in [0.15, 0.2) is 0 Å². The highest BCUT2D eigenvalue weighted by atomic mass is 32.2. The van der Waals surface area contributed by atoms with E-state index in [1.165, 1.54) is 0 Å². The average molecular weight is 461 g/mol. The molecule has 0 amide bonds. The predicted molar refractivity (Wildman–Crippen MR) is 70.5 cm³/mol. The van der Waals surface area contributed by atoms with E-state index in [2.05, 4.69) is 0 Å². The van der Waals surface area contributed by atoms with Gasteiger partial charge in [-0.1, -0.05) is 0 Å². The van der Waals surface area contributed by atoms with E-state index < -0.39 is 80.4 Å². The van der Waals surface area contributed by atoms with E-state index in [1.807, 2.05) is 0 Å². The third-order valence-electron chi connectivity index (χ3n) is 3.87. The lowest BCUT2D eigenvalue weighted by atomic mass is 9.96. The van der Waals surface area contributed by atoms with Crippen molar-refractivity contribution in [2.45, 2.75) is 60.3 Å². The summed E-state index contributed by atoms with van der Waals surface area (Å²) >= 11 is 0. The van der Waals surface area contributed by atoms with Gasteiger partial charge in [-0.15, -0.1) is 0 Å². The zero-order chi connectivity index (χ0) is 21.7. The van der Waals surface area contributed by atoms with Crippen LogP contribution in [0.2, 0.25) is 0 Å². The molecule has 0 aromatic rings. The maximum Gasteiger partial charge on any atom is 0.460 e. The van der Waals surface area contributed by atoms with Crippen molar-refractivity contribution in [1.82, 2.24) is 4.72 Å². The molecule has 27 heavy (non-hydrogen) atoms. The molecule has 0 heterocycles. The molecule has 0 aromatic carbocycles. The van der Waals surface area contributed by atoms with Crippen molar-refractivity contribution >= 4 is 20.1 Å². The van der Waals surface area contributed by atoms with Crippen molar-refractivity contribution in [3.63, 3.8) is 0 Å². The Morgan fingerprint density at radius 2 is 1.15 bits per heavy atom. The van der Waals surface area contributed by atoms with Crippen molar-refractivity contribution < 1.29 is 60.9 Å². The van der Waals surface area contributed by atoms with Crippen molar-refractivity contribution in [2.24, 2.45) is 0 Å². The minimum absolute atomic E-state index is 0.493. The second kappa shape index (κ2) is 6.91. The normalized spacial score (nSPS) is 24.1. The molecule has 0 atom stereocenters. The Balaban J connectivity index is 3.06. The van der Waals surface area contributed by atoms with Crippen molar-refractivity contribution in [1.29, 1.82) is 0 Å². The third-order valence-corrected chi connectivity index (χ3v) is 6.76. The highest BCUT2D eigenvalue weighted by molar-refractivity contribution is 7.90. The Labute approximate surface area is 146 Å². The minimum Gasteiger partial charge on any atom is -0.285 e. The summed E-state index contributed by atoms with van der Waals surface area (Å²) < 4.78 is 169. The number of halogens is 9. The molecule has 2 N–H and O–H groups in total. The van der Waals surface area contributed by atoms with E-state index in [0.717, 1.165) is 4.72 Å². The number of sulfonamides is 1. The molecule has 0 bridgehead atoms. The van der Waals surface area contributed by atoms with Crippen LogP contribution in [-0.4, -0.2) is 56.0 Å². The summed E-state index contributed by atoms with van der Waals surface area (Å²) in [5.41, 5.74) is 0. The van der Waals surface area contributed by atoms with Crippen LogP contribution in [-0.2, 0) is 20.1 Å². The molecule has 0 unspecified atom stereocenters. The molecule has 0 saturated heterocycles. The Hall–Kier alpha value is -0.810. The number of nitrogens with one attached hydrogen (secondary N) is 1. The summed E-state index contributed by atoms with van der Waals surface area (Å²) in [4.78, 5) is 0. The fourth-order valence-corrected chi connectivity index (χ4v) is 4.46. The van der Waals surface area contributed by atoms with E-state index in [-0.39, 0.29) is 0 Å². The Bertz CT molecular complexity index is 754. The molecule has 1 aliphatic rings. The fourth-order valence-electron chi connectivity index (χ4n) is 2.30. The summed E-state index contributed by atoms with van der Waals surface area (Å²) in [5.74, 6) is -14.7. The Kier molecular flexibility index (Phi) is 6.20. The topological polar surface area (TPSA) is 101 Å². The highest BCUT2D eigenvalue weighted by Gasteiger charge is 2.85. The van der Waals surface area contributed by atoms with E-state index in [9.17, 15) is 56.3 Å². The van der Waals surface area contributed by atoms with E-state index in [0.29, 0.717) is 0 Å². The van der Waals surface area contributed by atoms with Crippen molar-refractivity contribution in [3.8, 4) is 0 Å². The molecule has 1 aliphatic carbocycles. The molecule has 17 heteroatoms. The average Bonchev–Trinajstić information content (AvgIpc) is 2.44. The lowest BCUT2D eigenvalue weighted by molar-refractivity contribution is -0.382. The highest BCUT2D eigenvalue weighted by Crippen LogP contribution is 2.54. The van der Waals surface area contributed by atoms with Crippen LogP contribution in [0.15, 0.2) is 0 Å². The summed E-state index contributed by atoms with van der Waals surface area (Å²) in [6.07, 6.45) is -9.32. The van der Waals surface area contributed by atoms with Crippen molar-refractivity contribution in [3.05, 3.63) is 0 Å². The van der Waals surface area contributed by atoms with Gasteiger partial charge in [0.25, 0.3) is 20.1 Å². The van der Waals surface area contributed by atoms with Crippen molar-refractivity contribution in [2.75, 3.05) is 0 Å². The first-order valence-corrected chi connectivity index (χ1v) is 9.85. The van der Waals surface area contributed by atoms with Crippen LogP contribution in [0.5, 0.6) is 0 Å². The minimum atomic E-state index is -7.36. The summed E-state index contributed by atoms with van der Waals surface area (Å²) in [7, 11) is -11.3.